The molecule has 30 heavy (non-hydrogen) atoms. The van der Waals surface area contributed by atoms with Gasteiger partial charge in [0.25, 0.3) is 0 Å². The number of rotatable bonds is 3. The number of aryl methyl sites for hydroxylation is 2. The molecule has 3 aromatic heterocycles. The van der Waals surface area contributed by atoms with Gasteiger partial charge in [-0.3, -0.25) is 9.98 Å². The lowest BCUT2D eigenvalue weighted by Crippen LogP contribution is -2.25. The third kappa shape index (κ3) is 3.26. The number of aromatic nitrogens is 6. The van der Waals surface area contributed by atoms with E-state index < -0.39 is 11.9 Å². The van der Waals surface area contributed by atoms with Gasteiger partial charge in [0.05, 0.1) is 12.2 Å². The lowest BCUT2D eigenvalue weighted by atomic mass is 10.1. The molecule has 2 N–H and O–H groups in total. The molecule has 1 aromatic carbocycles. The van der Waals surface area contributed by atoms with E-state index >= 15 is 0 Å². The summed E-state index contributed by atoms with van der Waals surface area (Å²) in [5.74, 6) is 0.151. The second-order valence-corrected chi connectivity index (χ2v) is 7.29. The molecule has 0 bridgehead atoms. The minimum atomic E-state index is -4.51. The summed E-state index contributed by atoms with van der Waals surface area (Å²) in [4.78, 5) is 14.6. The zero-order valence-corrected chi connectivity index (χ0v) is 17.0. The van der Waals surface area contributed by atoms with Crippen LogP contribution in [0, 0.1) is 12.3 Å². The van der Waals surface area contributed by atoms with E-state index in [4.69, 9.17) is 17.0 Å². The molecule has 0 saturated carbocycles. The highest BCUT2D eigenvalue weighted by Gasteiger charge is 2.36. The van der Waals surface area contributed by atoms with Crippen LogP contribution >= 0.6 is 11.6 Å². The van der Waals surface area contributed by atoms with Gasteiger partial charge in [0.1, 0.15) is 11.3 Å². The number of nitrogens with zero attached hydrogens (tertiary/aromatic N) is 5. The van der Waals surface area contributed by atoms with Gasteiger partial charge in [-0.2, -0.15) is 18.2 Å². The van der Waals surface area contributed by atoms with Crippen LogP contribution in [-0.2, 0) is 13.2 Å². The molecule has 4 rings (SSSR count). The summed E-state index contributed by atoms with van der Waals surface area (Å²) in [5, 5.41) is 8.51. The Bertz CT molecular complexity index is 1300. The van der Waals surface area contributed by atoms with E-state index in [1.54, 1.807) is 46.6 Å². The summed E-state index contributed by atoms with van der Waals surface area (Å²) >= 11 is 5.94. The minimum absolute atomic E-state index is 0.0309. The van der Waals surface area contributed by atoms with Crippen LogP contribution in [0.25, 0.3) is 22.6 Å². The molecule has 4 aromatic rings. The molecule has 7 nitrogen and oxygen atoms in total. The Morgan fingerprint density at radius 1 is 1.17 bits per heavy atom. The van der Waals surface area contributed by atoms with Crippen molar-refractivity contribution in [1.82, 2.24) is 29.1 Å². The molecule has 0 saturated heterocycles. The third-order valence-corrected chi connectivity index (χ3v) is 5.25. The van der Waals surface area contributed by atoms with E-state index in [-0.39, 0.29) is 28.5 Å². The van der Waals surface area contributed by atoms with E-state index in [2.05, 4.69) is 19.9 Å². The molecular weight excluding hydrogens is 419 g/mol. The Hall–Kier alpha value is -3.14. The van der Waals surface area contributed by atoms with Crippen LogP contribution in [0.2, 0.25) is 5.28 Å². The number of aromatic amines is 1. The quantitative estimate of drug-likeness (QED) is 0.472. The first kappa shape index (κ1) is 20.1. The summed E-state index contributed by atoms with van der Waals surface area (Å²) in [7, 11) is 1.74. The summed E-state index contributed by atoms with van der Waals surface area (Å²) < 4.78 is 42.4. The highest BCUT2D eigenvalue weighted by molar-refractivity contribution is 6.28. The Kier molecular flexibility index (Phi) is 4.69. The van der Waals surface area contributed by atoms with Crippen molar-refractivity contribution in [3.8, 4) is 11.4 Å². The van der Waals surface area contributed by atoms with Crippen LogP contribution in [0.15, 0.2) is 30.5 Å². The van der Waals surface area contributed by atoms with Crippen molar-refractivity contribution in [2.45, 2.75) is 26.1 Å². The van der Waals surface area contributed by atoms with Crippen LogP contribution in [0.1, 0.15) is 29.9 Å². The highest BCUT2D eigenvalue weighted by atomic mass is 35.5. The van der Waals surface area contributed by atoms with Crippen LogP contribution in [-0.4, -0.2) is 29.1 Å². The maximum atomic E-state index is 13.0. The molecule has 0 aliphatic heterocycles. The van der Waals surface area contributed by atoms with Crippen molar-refractivity contribution >= 4 is 22.8 Å². The second-order valence-electron chi connectivity index (χ2n) is 6.96. The van der Waals surface area contributed by atoms with Crippen molar-refractivity contribution in [3.63, 3.8) is 0 Å². The van der Waals surface area contributed by atoms with Crippen molar-refractivity contribution < 1.29 is 13.2 Å². The molecule has 1 atom stereocenters. The van der Waals surface area contributed by atoms with E-state index in [9.17, 15) is 13.2 Å². The summed E-state index contributed by atoms with van der Waals surface area (Å²) in [6, 6.07) is 6.70. The average Bonchev–Trinajstić information content (AvgIpc) is 3.20. The smallest absolute Gasteiger partial charge is 0.342 e. The first-order valence-corrected chi connectivity index (χ1v) is 9.34. The third-order valence-electron chi connectivity index (χ3n) is 5.06. The predicted octanol–water partition coefficient (Wildman–Crippen LogP) is 4.23. The normalized spacial score (nSPS) is 13.2. The first-order valence-electron chi connectivity index (χ1n) is 8.96. The van der Waals surface area contributed by atoms with Gasteiger partial charge in [-0.25, -0.2) is 9.97 Å². The Morgan fingerprint density at radius 3 is 2.43 bits per heavy atom. The molecular formula is C19H17ClF3N7. The zero-order chi connectivity index (χ0) is 21.8. The lowest BCUT2D eigenvalue weighted by Gasteiger charge is -2.15. The Balaban J connectivity index is 1.72. The number of hydrogen-bond acceptors (Lipinski definition) is 4. The molecule has 0 spiro atoms. The SMILES string of the molecule is Cc1[nH]c(-c2ccc([C@H](C)n3c(=N)n(C)c4cnc(Cl)nc43)cc2)nc1C(F)(F)F. The van der Waals surface area contributed by atoms with E-state index in [0.717, 1.165) is 5.56 Å². The maximum absolute atomic E-state index is 13.0. The predicted molar refractivity (Wildman–Crippen MR) is 105 cm³/mol. The molecule has 0 unspecified atom stereocenters. The summed E-state index contributed by atoms with van der Waals surface area (Å²) in [6.07, 6.45) is -2.95. The fourth-order valence-electron chi connectivity index (χ4n) is 3.44. The number of hydrogen-bond donors (Lipinski definition) is 2. The number of imidazole rings is 2. The highest BCUT2D eigenvalue weighted by Crippen LogP contribution is 2.32. The van der Waals surface area contributed by atoms with E-state index in [1.165, 1.54) is 6.92 Å². The molecule has 11 heteroatoms. The van der Waals surface area contributed by atoms with Gasteiger partial charge in [-0.15, -0.1) is 0 Å². The summed E-state index contributed by atoms with van der Waals surface area (Å²) in [6.45, 7) is 3.25. The maximum Gasteiger partial charge on any atom is 0.435 e. The number of benzene rings is 1. The number of H-pyrrole nitrogens is 1. The van der Waals surface area contributed by atoms with Crippen LogP contribution in [0.4, 0.5) is 13.2 Å². The van der Waals surface area contributed by atoms with Gasteiger partial charge in [0.2, 0.25) is 10.9 Å². The van der Waals surface area contributed by atoms with E-state index in [0.29, 0.717) is 16.7 Å². The van der Waals surface area contributed by atoms with Crippen molar-refractivity contribution in [2.75, 3.05) is 0 Å². The monoisotopic (exact) mass is 435 g/mol. The topological polar surface area (TPSA) is 88.2 Å². The van der Waals surface area contributed by atoms with Crippen molar-refractivity contribution in [3.05, 3.63) is 58.3 Å². The number of nitrogens with one attached hydrogen (secondary N) is 2. The number of fused-ring (bicyclic) bond motifs is 1. The van der Waals surface area contributed by atoms with Gasteiger partial charge in [0.15, 0.2) is 11.3 Å². The van der Waals surface area contributed by atoms with Crippen molar-refractivity contribution in [2.24, 2.45) is 7.05 Å². The number of alkyl halides is 3. The van der Waals surface area contributed by atoms with Gasteiger partial charge < -0.3 is 9.55 Å². The minimum Gasteiger partial charge on any atom is -0.342 e. The van der Waals surface area contributed by atoms with E-state index in [1.807, 2.05) is 6.92 Å². The van der Waals surface area contributed by atoms with Crippen LogP contribution < -0.4 is 5.62 Å². The summed E-state index contributed by atoms with van der Waals surface area (Å²) in [5.41, 5.74) is 1.83. The molecule has 156 valence electrons. The van der Waals surface area contributed by atoms with Gasteiger partial charge >= 0.3 is 6.18 Å². The molecule has 3 heterocycles. The fraction of sp³-hybridized carbons (Fsp3) is 0.263. The molecule has 0 aliphatic rings. The largest absolute Gasteiger partial charge is 0.435 e. The fourth-order valence-corrected chi connectivity index (χ4v) is 3.57. The molecule has 0 aliphatic carbocycles. The number of halogens is 4. The molecule has 0 fully saturated rings. The van der Waals surface area contributed by atoms with Gasteiger partial charge in [-0.1, -0.05) is 24.3 Å². The van der Waals surface area contributed by atoms with Crippen LogP contribution in [0.3, 0.4) is 0 Å². The second kappa shape index (κ2) is 6.98. The standard InChI is InChI=1S/C19H17ClF3N7/c1-9-14(19(21,22)23)27-15(26-9)12-6-4-11(5-7-12)10(2)30-16-13(29(3)18(30)24)8-25-17(20)28-16/h4-8,10,24H,1-3H3,(H,26,27)/t10-/m0/s1. The van der Waals surface area contributed by atoms with Gasteiger partial charge in [0, 0.05) is 18.3 Å². The molecule has 0 amide bonds. The average molecular weight is 436 g/mol. The first-order chi connectivity index (χ1) is 14.1. The van der Waals surface area contributed by atoms with Crippen molar-refractivity contribution in [1.29, 1.82) is 5.41 Å². The Labute approximate surface area is 173 Å². The lowest BCUT2D eigenvalue weighted by molar-refractivity contribution is -0.141. The molecule has 0 radical (unpaired) electrons. The van der Waals surface area contributed by atoms with Gasteiger partial charge in [-0.05, 0) is 31.0 Å². The van der Waals surface area contributed by atoms with Crippen LogP contribution in [0.5, 0.6) is 0 Å². The zero-order valence-electron chi connectivity index (χ0n) is 16.2. The Morgan fingerprint density at radius 2 is 1.83 bits per heavy atom.